The Morgan fingerprint density at radius 3 is 2.75 bits per heavy atom. The number of ether oxygens (including phenoxy) is 1. The Labute approximate surface area is 121 Å². The number of carbonyl (C=O) groups excluding carboxylic acids is 1. The van der Waals surface area contributed by atoms with Crippen molar-refractivity contribution in [3.8, 4) is 5.75 Å². The molecule has 0 fully saturated rings. The fourth-order valence-corrected chi connectivity index (χ4v) is 1.97. The van der Waals surface area contributed by atoms with Crippen LogP contribution in [0.25, 0.3) is 0 Å². The molecule has 2 aromatic carbocycles. The van der Waals surface area contributed by atoms with Crippen molar-refractivity contribution in [2.24, 2.45) is 0 Å². The molecule has 0 unspecified atom stereocenters. The molecule has 2 aromatic rings. The minimum absolute atomic E-state index is 0.0661. The third kappa shape index (κ3) is 3.27. The molecule has 0 bridgehead atoms. The van der Waals surface area contributed by atoms with Crippen LogP contribution in [0.15, 0.2) is 42.5 Å². The van der Waals surface area contributed by atoms with Crippen LogP contribution in [0.3, 0.4) is 0 Å². The van der Waals surface area contributed by atoms with E-state index in [9.17, 15) is 9.18 Å². The van der Waals surface area contributed by atoms with E-state index >= 15 is 0 Å². The standard InChI is InChI=1S/C15H13ClFNO2/c1-2-20-14-6-4-3-5-13(14)18-15(19)11-8-7-10(17)9-12(11)16/h3-9H,2H2,1H3,(H,18,19). The second kappa shape index (κ2) is 6.39. The Hall–Kier alpha value is -2.07. The zero-order chi connectivity index (χ0) is 14.5. The molecule has 0 spiro atoms. The van der Waals surface area contributed by atoms with E-state index in [2.05, 4.69) is 5.32 Å². The summed E-state index contributed by atoms with van der Waals surface area (Å²) < 4.78 is 18.4. The Balaban J connectivity index is 2.23. The van der Waals surface area contributed by atoms with Gasteiger partial charge in [-0.25, -0.2) is 4.39 Å². The number of halogens is 2. The lowest BCUT2D eigenvalue weighted by Crippen LogP contribution is -2.13. The first-order valence-corrected chi connectivity index (χ1v) is 6.48. The van der Waals surface area contributed by atoms with Gasteiger partial charge >= 0.3 is 0 Å². The van der Waals surface area contributed by atoms with Crippen LogP contribution < -0.4 is 10.1 Å². The number of para-hydroxylation sites is 2. The number of carbonyl (C=O) groups is 1. The molecule has 2 rings (SSSR count). The van der Waals surface area contributed by atoms with Crippen molar-refractivity contribution >= 4 is 23.2 Å². The Morgan fingerprint density at radius 1 is 1.30 bits per heavy atom. The third-order valence-electron chi connectivity index (χ3n) is 2.61. The van der Waals surface area contributed by atoms with Gasteiger partial charge < -0.3 is 10.1 Å². The van der Waals surface area contributed by atoms with Gasteiger partial charge in [-0.3, -0.25) is 4.79 Å². The monoisotopic (exact) mass is 293 g/mol. The van der Waals surface area contributed by atoms with Crippen molar-refractivity contribution in [1.29, 1.82) is 0 Å². The summed E-state index contributed by atoms with van der Waals surface area (Å²) in [5.74, 6) is -0.329. The van der Waals surface area contributed by atoms with Crippen LogP contribution in [0.4, 0.5) is 10.1 Å². The quantitative estimate of drug-likeness (QED) is 0.920. The first-order chi connectivity index (χ1) is 9.61. The second-order valence-corrected chi connectivity index (χ2v) is 4.41. The highest BCUT2D eigenvalue weighted by atomic mass is 35.5. The summed E-state index contributed by atoms with van der Waals surface area (Å²) in [6, 6.07) is 10.7. The van der Waals surface area contributed by atoms with E-state index in [0.717, 1.165) is 6.07 Å². The summed E-state index contributed by atoms with van der Waals surface area (Å²) in [6.45, 7) is 2.35. The molecule has 0 aromatic heterocycles. The number of anilines is 1. The van der Waals surface area contributed by atoms with Crippen LogP contribution in [0.5, 0.6) is 5.75 Å². The maximum absolute atomic E-state index is 13.0. The van der Waals surface area contributed by atoms with Crippen molar-refractivity contribution in [3.05, 3.63) is 58.9 Å². The molecule has 20 heavy (non-hydrogen) atoms. The van der Waals surface area contributed by atoms with E-state index in [4.69, 9.17) is 16.3 Å². The Morgan fingerprint density at radius 2 is 2.05 bits per heavy atom. The van der Waals surface area contributed by atoms with Crippen molar-refractivity contribution in [1.82, 2.24) is 0 Å². The van der Waals surface area contributed by atoms with Gasteiger partial charge in [-0.15, -0.1) is 0 Å². The molecule has 0 heterocycles. The largest absolute Gasteiger partial charge is 0.492 e. The fourth-order valence-electron chi connectivity index (χ4n) is 1.71. The number of nitrogens with one attached hydrogen (secondary N) is 1. The predicted molar refractivity (Wildman–Crippen MR) is 77.0 cm³/mol. The van der Waals surface area contributed by atoms with E-state index in [1.54, 1.807) is 18.2 Å². The lowest BCUT2D eigenvalue weighted by molar-refractivity contribution is 0.102. The lowest BCUT2D eigenvalue weighted by atomic mass is 10.2. The molecule has 0 aliphatic carbocycles. The molecule has 0 aliphatic rings. The van der Waals surface area contributed by atoms with Crippen LogP contribution in [-0.2, 0) is 0 Å². The maximum Gasteiger partial charge on any atom is 0.257 e. The first-order valence-electron chi connectivity index (χ1n) is 6.10. The van der Waals surface area contributed by atoms with Crippen molar-refractivity contribution in [3.63, 3.8) is 0 Å². The van der Waals surface area contributed by atoms with Gasteiger partial charge in [0.05, 0.1) is 22.9 Å². The van der Waals surface area contributed by atoms with Gasteiger partial charge in [-0.2, -0.15) is 0 Å². The summed E-state index contributed by atoms with van der Waals surface area (Å²) in [7, 11) is 0. The molecule has 104 valence electrons. The average molecular weight is 294 g/mol. The third-order valence-corrected chi connectivity index (χ3v) is 2.92. The van der Waals surface area contributed by atoms with E-state index in [-0.39, 0.29) is 10.6 Å². The van der Waals surface area contributed by atoms with Crippen molar-refractivity contribution in [2.75, 3.05) is 11.9 Å². The zero-order valence-corrected chi connectivity index (χ0v) is 11.6. The van der Waals surface area contributed by atoms with Crippen molar-refractivity contribution < 1.29 is 13.9 Å². The molecule has 3 nitrogen and oxygen atoms in total. The Bertz CT molecular complexity index is 631. The van der Waals surface area contributed by atoms with Crippen LogP contribution in [0.1, 0.15) is 17.3 Å². The average Bonchev–Trinajstić information content (AvgIpc) is 2.41. The van der Waals surface area contributed by atoms with Crippen LogP contribution in [0.2, 0.25) is 5.02 Å². The van der Waals surface area contributed by atoms with Crippen LogP contribution >= 0.6 is 11.6 Å². The SMILES string of the molecule is CCOc1ccccc1NC(=O)c1ccc(F)cc1Cl. The summed E-state index contributed by atoms with van der Waals surface area (Å²) in [5, 5.41) is 2.77. The van der Waals surface area contributed by atoms with E-state index in [0.29, 0.717) is 18.0 Å². The molecular formula is C15H13ClFNO2. The first kappa shape index (κ1) is 14.3. The molecule has 0 radical (unpaired) electrons. The van der Waals surface area contributed by atoms with E-state index < -0.39 is 11.7 Å². The molecule has 5 heteroatoms. The van der Waals surface area contributed by atoms with Gasteiger partial charge in [0, 0.05) is 0 Å². The highest BCUT2D eigenvalue weighted by Gasteiger charge is 2.13. The molecule has 0 saturated heterocycles. The van der Waals surface area contributed by atoms with E-state index in [1.165, 1.54) is 12.1 Å². The lowest BCUT2D eigenvalue weighted by Gasteiger charge is -2.11. The molecule has 1 amide bonds. The predicted octanol–water partition coefficient (Wildman–Crippen LogP) is 4.13. The van der Waals surface area contributed by atoms with Gasteiger partial charge in [-0.05, 0) is 37.3 Å². The zero-order valence-electron chi connectivity index (χ0n) is 10.8. The van der Waals surface area contributed by atoms with Gasteiger partial charge in [0.25, 0.3) is 5.91 Å². The van der Waals surface area contributed by atoms with Crippen LogP contribution in [0, 0.1) is 5.82 Å². The number of hydrogen-bond acceptors (Lipinski definition) is 2. The maximum atomic E-state index is 13.0. The number of hydrogen-bond donors (Lipinski definition) is 1. The molecular weight excluding hydrogens is 281 g/mol. The smallest absolute Gasteiger partial charge is 0.257 e. The molecule has 0 aliphatic heterocycles. The molecule has 0 saturated carbocycles. The number of rotatable bonds is 4. The van der Waals surface area contributed by atoms with Crippen LogP contribution in [-0.4, -0.2) is 12.5 Å². The number of amides is 1. The number of benzene rings is 2. The topological polar surface area (TPSA) is 38.3 Å². The Kier molecular flexibility index (Phi) is 4.58. The summed E-state index contributed by atoms with van der Waals surface area (Å²) >= 11 is 5.86. The summed E-state index contributed by atoms with van der Waals surface area (Å²) in [4.78, 5) is 12.1. The highest BCUT2D eigenvalue weighted by Crippen LogP contribution is 2.25. The summed E-state index contributed by atoms with van der Waals surface area (Å²) in [6.07, 6.45) is 0. The minimum Gasteiger partial charge on any atom is -0.492 e. The van der Waals surface area contributed by atoms with Gasteiger partial charge in [0.1, 0.15) is 11.6 Å². The molecule has 0 atom stereocenters. The summed E-state index contributed by atoms with van der Waals surface area (Å²) in [5.41, 5.74) is 0.749. The van der Waals surface area contributed by atoms with E-state index in [1.807, 2.05) is 13.0 Å². The second-order valence-electron chi connectivity index (χ2n) is 4.01. The van der Waals surface area contributed by atoms with Gasteiger partial charge in [0.2, 0.25) is 0 Å². The molecule has 1 N–H and O–H groups in total. The minimum atomic E-state index is -0.485. The normalized spacial score (nSPS) is 10.2. The van der Waals surface area contributed by atoms with Gasteiger partial charge in [0.15, 0.2) is 0 Å². The highest BCUT2D eigenvalue weighted by molar-refractivity contribution is 6.34. The van der Waals surface area contributed by atoms with Gasteiger partial charge in [-0.1, -0.05) is 23.7 Å². The van der Waals surface area contributed by atoms with Crippen molar-refractivity contribution in [2.45, 2.75) is 6.92 Å². The fraction of sp³-hybridized carbons (Fsp3) is 0.133.